The molecule has 106 valence electrons. The molecule has 1 aliphatic heterocycles. The van der Waals surface area contributed by atoms with Gasteiger partial charge in [-0.1, -0.05) is 0 Å². The van der Waals surface area contributed by atoms with Crippen LogP contribution in [-0.4, -0.2) is 42.2 Å². The molecule has 0 saturated carbocycles. The maximum Gasteiger partial charge on any atom is 0.389 e. The Bertz CT molecular complexity index is 374. The van der Waals surface area contributed by atoms with E-state index < -0.39 is 12.6 Å². The number of hydrogen-bond acceptors (Lipinski definition) is 3. The van der Waals surface area contributed by atoms with Gasteiger partial charge in [0.1, 0.15) is 0 Å². The second kappa shape index (κ2) is 6.34. The summed E-state index contributed by atoms with van der Waals surface area (Å²) in [5.41, 5.74) is 0.918. The molecule has 19 heavy (non-hydrogen) atoms. The van der Waals surface area contributed by atoms with E-state index in [2.05, 4.69) is 15.2 Å². The van der Waals surface area contributed by atoms with Crippen LogP contribution in [0.15, 0.2) is 24.5 Å². The number of aromatic nitrogens is 1. The summed E-state index contributed by atoms with van der Waals surface area (Å²) in [5.74, 6) is 0. The third kappa shape index (κ3) is 4.47. The second-order valence-corrected chi connectivity index (χ2v) is 4.74. The highest BCUT2D eigenvalue weighted by atomic mass is 19.4. The summed E-state index contributed by atoms with van der Waals surface area (Å²) >= 11 is 0. The zero-order chi connectivity index (χ0) is 13.7. The first-order chi connectivity index (χ1) is 9.06. The lowest BCUT2D eigenvalue weighted by Crippen LogP contribution is -2.45. The minimum absolute atomic E-state index is 0.105. The van der Waals surface area contributed by atoms with Crippen LogP contribution in [0.25, 0.3) is 0 Å². The van der Waals surface area contributed by atoms with Crippen molar-refractivity contribution in [2.75, 3.05) is 26.2 Å². The van der Waals surface area contributed by atoms with Gasteiger partial charge in [0.15, 0.2) is 0 Å². The number of nitrogens with one attached hydrogen (secondary N) is 1. The quantitative estimate of drug-likeness (QED) is 0.913. The Morgan fingerprint density at radius 3 is 2.42 bits per heavy atom. The lowest BCUT2D eigenvalue weighted by molar-refractivity contribution is -0.138. The molecule has 1 fully saturated rings. The molecule has 0 bridgehead atoms. The number of rotatable bonds is 4. The van der Waals surface area contributed by atoms with Crippen molar-refractivity contribution in [1.82, 2.24) is 15.2 Å². The highest BCUT2D eigenvalue weighted by Gasteiger charge is 2.31. The van der Waals surface area contributed by atoms with Crippen molar-refractivity contribution < 1.29 is 13.2 Å². The molecule has 1 saturated heterocycles. The van der Waals surface area contributed by atoms with Gasteiger partial charge >= 0.3 is 6.18 Å². The lowest BCUT2D eigenvalue weighted by atomic mass is 10.0. The Kier molecular flexibility index (Phi) is 4.76. The predicted molar refractivity (Wildman–Crippen MR) is 66.7 cm³/mol. The molecule has 1 aliphatic rings. The Labute approximate surface area is 110 Å². The van der Waals surface area contributed by atoms with Gasteiger partial charge in [-0.05, 0) is 24.1 Å². The lowest BCUT2D eigenvalue weighted by Gasteiger charge is -2.35. The van der Waals surface area contributed by atoms with E-state index in [1.54, 1.807) is 12.4 Å². The fourth-order valence-corrected chi connectivity index (χ4v) is 2.44. The van der Waals surface area contributed by atoms with Crippen LogP contribution in [0.5, 0.6) is 0 Å². The summed E-state index contributed by atoms with van der Waals surface area (Å²) in [6.07, 6.45) is -1.47. The third-order valence-electron chi connectivity index (χ3n) is 3.38. The van der Waals surface area contributed by atoms with Gasteiger partial charge in [0.25, 0.3) is 0 Å². The van der Waals surface area contributed by atoms with Gasteiger partial charge in [-0.2, -0.15) is 13.2 Å². The van der Waals surface area contributed by atoms with Gasteiger partial charge in [0, 0.05) is 51.0 Å². The van der Waals surface area contributed by atoms with Gasteiger partial charge in [-0.3, -0.25) is 9.88 Å². The van der Waals surface area contributed by atoms with E-state index in [0.717, 1.165) is 31.7 Å². The van der Waals surface area contributed by atoms with Crippen LogP contribution in [0.1, 0.15) is 24.4 Å². The van der Waals surface area contributed by atoms with Crippen molar-refractivity contribution in [2.24, 2.45) is 0 Å². The summed E-state index contributed by atoms with van der Waals surface area (Å²) in [7, 11) is 0. The zero-order valence-electron chi connectivity index (χ0n) is 10.7. The predicted octanol–water partition coefficient (Wildman–Crippen LogP) is 2.37. The highest BCUT2D eigenvalue weighted by molar-refractivity contribution is 5.15. The minimum Gasteiger partial charge on any atom is -0.314 e. The summed E-state index contributed by atoms with van der Waals surface area (Å²) < 4.78 is 37.4. The fourth-order valence-electron chi connectivity index (χ4n) is 2.44. The van der Waals surface area contributed by atoms with E-state index in [0.29, 0.717) is 0 Å². The summed E-state index contributed by atoms with van der Waals surface area (Å²) in [6, 6.07) is 3.44. The van der Waals surface area contributed by atoms with E-state index in [9.17, 15) is 13.2 Å². The Morgan fingerprint density at radius 2 is 1.84 bits per heavy atom. The normalized spacial score (nSPS) is 19.3. The van der Waals surface area contributed by atoms with Gasteiger partial charge in [0.05, 0.1) is 0 Å². The van der Waals surface area contributed by atoms with Crippen LogP contribution in [0.4, 0.5) is 13.2 Å². The number of alkyl halides is 3. The molecular formula is C13H18F3N3. The SMILES string of the molecule is FC(F)(F)CC[C@H](c1ccncc1)N1CCNCC1. The number of pyridine rings is 1. The molecule has 0 radical (unpaired) electrons. The van der Waals surface area contributed by atoms with Gasteiger partial charge in [0.2, 0.25) is 0 Å². The maximum atomic E-state index is 12.5. The van der Waals surface area contributed by atoms with Crippen molar-refractivity contribution in [1.29, 1.82) is 0 Å². The van der Waals surface area contributed by atoms with Crippen molar-refractivity contribution in [3.05, 3.63) is 30.1 Å². The average molecular weight is 273 g/mol. The van der Waals surface area contributed by atoms with E-state index in [1.165, 1.54) is 0 Å². The van der Waals surface area contributed by atoms with E-state index >= 15 is 0 Å². The number of nitrogens with zero attached hydrogens (tertiary/aromatic N) is 2. The molecule has 1 aromatic rings. The minimum atomic E-state index is -4.10. The Balaban J connectivity index is 2.08. The first kappa shape index (κ1) is 14.3. The van der Waals surface area contributed by atoms with Gasteiger partial charge < -0.3 is 5.32 Å². The molecule has 0 aliphatic carbocycles. The Morgan fingerprint density at radius 1 is 1.21 bits per heavy atom. The second-order valence-electron chi connectivity index (χ2n) is 4.74. The maximum absolute atomic E-state index is 12.5. The molecule has 0 amide bonds. The molecular weight excluding hydrogens is 255 g/mol. The van der Waals surface area contributed by atoms with E-state index in [4.69, 9.17) is 0 Å². The van der Waals surface area contributed by atoms with Crippen LogP contribution in [0, 0.1) is 0 Å². The zero-order valence-corrected chi connectivity index (χ0v) is 10.7. The largest absolute Gasteiger partial charge is 0.389 e. The molecule has 1 N–H and O–H groups in total. The average Bonchev–Trinajstić information content (AvgIpc) is 2.40. The van der Waals surface area contributed by atoms with Gasteiger partial charge in [-0.15, -0.1) is 0 Å². The van der Waals surface area contributed by atoms with E-state index in [1.807, 2.05) is 12.1 Å². The standard InChI is InChI=1S/C13H18F3N3/c14-13(15,16)4-1-12(11-2-5-17-6-3-11)19-9-7-18-8-10-19/h2-3,5-6,12,18H,1,4,7-10H2/t12-/m1/s1. The highest BCUT2D eigenvalue weighted by Crippen LogP contribution is 2.31. The molecule has 0 aromatic carbocycles. The van der Waals surface area contributed by atoms with E-state index in [-0.39, 0.29) is 12.5 Å². The fraction of sp³-hybridized carbons (Fsp3) is 0.615. The number of piperazine rings is 1. The van der Waals surface area contributed by atoms with Crippen molar-refractivity contribution in [3.63, 3.8) is 0 Å². The molecule has 3 nitrogen and oxygen atoms in total. The molecule has 6 heteroatoms. The molecule has 2 heterocycles. The van der Waals surface area contributed by atoms with Crippen LogP contribution >= 0.6 is 0 Å². The number of hydrogen-bond donors (Lipinski definition) is 1. The van der Waals surface area contributed by atoms with Crippen LogP contribution in [0.3, 0.4) is 0 Å². The molecule has 0 spiro atoms. The molecule has 1 aromatic heterocycles. The van der Waals surface area contributed by atoms with Crippen LogP contribution < -0.4 is 5.32 Å². The van der Waals surface area contributed by atoms with Crippen LogP contribution in [0.2, 0.25) is 0 Å². The van der Waals surface area contributed by atoms with Gasteiger partial charge in [-0.25, -0.2) is 0 Å². The third-order valence-corrected chi connectivity index (χ3v) is 3.38. The monoisotopic (exact) mass is 273 g/mol. The van der Waals surface area contributed by atoms with Crippen molar-refractivity contribution >= 4 is 0 Å². The van der Waals surface area contributed by atoms with Crippen molar-refractivity contribution in [2.45, 2.75) is 25.1 Å². The smallest absolute Gasteiger partial charge is 0.314 e. The molecule has 1 atom stereocenters. The first-order valence-corrected chi connectivity index (χ1v) is 6.48. The summed E-state index contributed by atoms with van der Waals surface area (Å²) in [5, 5.41) is 3.22. The first-order valence-electron chi connectivity index (χ1n) is 6.48. The van der Waals surface area contributed by atoms with Crippen LogP contribution in [-0.2, 0) is 0 Å². The molecule has 2 rings (SSSR count). The number of halogens is 3. The Hall–Kier alpha value is -1.14. The summed E-state index contributed by atoms with van der Waals surface area (Å²) in [4.78, 5) is 6.05. The molecule has 0 unspecified atom stereocenters. The van der Waals surface area contributed by atoms with Crippen molar-refractivity contribution in [3.8, 4) is 0 Å². The topological polar surface area (TPSA) is 28.2 Å². The summed E-state index contributed by atoms with van der Waals surface area (Å²) in [6.45, 7) is 3.22.